The van der Waals surface area contributed by atoms with Crippen LogP contribution in [-0.2, 0) is 11.3 Å². The number of hydrogen-bond donors (Lipinski definition) is 1. The molecule has 0 fully saturated rings. The van der Waals surface area contributed by atoms with E-state index in [1.807, 2.05) is 37.3 Å². The Hall–Kier alpha value is -1.94. The molecule has 1 N–H and O–H groups in total. The minimum absolute atomic E-state index is 0.0287. The molecule has 4 nitrogen and oxygen atoms in total. The van der Waals surface area contributed by atoms with Crippen LogP contribution in [0.1, 0.15) is 11.5 Å². The average molecular weight is 293 g/mol. The third-order valence-corrected chi connectivity index (χ3v) is 3.25. The Morgan fingerprint density at radius 3 is 2.70 bits per heavy atom. The summed E-state index contributed by atoms with van der Waals surface area (Å²) in [6.07, 6.45) is 0. The first-order valence-corrected chi connectivity index (χ1v) is 6.72. The molecule has 1 aromatic heterocycles. The minimum Gasteiger partial charge on any atom is -0.464 e. The second-order valence-electron chi connectivity index (χ2n) is 4.60. The molecule has 106 valence electrons. The largest absolute Gasteiger partial charge is 0.464 e. The summed E-state index contributed by atoms with van der Waals surface area (Å²) in [7, 11) is 1.74. The molecule has 0 saturated heterocycles. The van der Waals surface area contributed by atoms with E-state index in [0.717, 1.165) is 17.2 Å². The number of anilines is 1. The lowest BCUT2D eigenvalue weighted by molar-refractivity contribution is -0.128. The maximum absolute atomic E-state index is 12.0. The van der Waals surface area contributed by atoms with Gasteiger partial charge in [-0.3, -0.25) is 4.79 Å². The van der Waals surface area contributed by atoms with Crippen molar-refractivity contribution in [3.8, 4) is 0 Å². The van der Waals surface area contributed by atoms with Crippen molar-refractivity contribution in [2.24, 2.45) is 0 Å². The summed E-state index contributed by atoms with van der Waals surface area (Å²) in [5.74, 6) is 1.59. The summed E-state index contributed by atoms with van der Waals surface area (Å²) < 4.78 is 5.45. The molecular formula is C15H17ClN2O2. The Morgan fingerprint density at radius 2 is 2.05 bits per heavy atom. The van der Waals surface area contributed by atoms with Crippen LogP contribution in [0.25, 0.3) is 0 Å². The van der Waals surface area contributed by atoms with Gasteiger partial charge in [0.05, 0.1) is 23.8 Å². The summed E-state index contributed by atoms with van der Waals surface area (Å²) in [5, 5.41) is 3.63. The molecule has 0 aliphatic carbocycles. The second-order valence-corrected chi connectivity index (χ2v) is 5.00. The predicted molar refractivity (Wildman–Crippen MR) is 79.9 cm³/mol. The average Bonchev–Trinajstić information content (AvgIpc) is 2.82. The van der Waals surface area contributed by atoms with E-state index in [0.29, 0.717) is 11.6 Å². The van der Waals surface area contributed by atoms with Crippen molar-refractivity contribution in [2.45, 2.75) is 13.5 Å². The van der Waals surface area contributed by atoms with Gasteiger partial charge in [-0.2, -0.15) is 0 Å². The molecule has 0 radical (unpaired) electrons. The van der Waals surface area contributed by atoms with Gasteiger partial charge >= 0.3 is 0 Å². The zero-order valence-corrected chi connectivity index (χ0v) is 12.3. The number of likely N-dealkylation sites (N-methyl/N-ethyl adjacent to an activating group) is 1. The molecule has 2 rings (SSSR count). The monoisotopic (exact) mass is 292 g/mol. The predicted octanol–water partition coefficient (Wildman–Crippen LogP) is 3.31. The van der Waals surface area contributed by atoms with E-state index in [1.165, 1.54) is 0 Å². The van der Waals surface area contributed by atoms with Gasteiger partial charge in [-0.15, -0.1) is 0 Å². The van der Waals surface area contributed by atoms with Crippen molar-refractivity contribution in [1.82, 2.24) is 4.90 Å². The molecule has 1 amide bonds. The fourth-order valence-corrected chi connectivity index (χ4v) is 2.00. The Kier molecular flexibility index (Phi) is 4.69. The third kappa shape index (κ3) is 3.78. The molecule has 0 unspecified atom stereocenters. The van der Waals surface area contributed by atoms with E-state index in [-0.39, 0.29) is 12.5 Å². The van der Waals surface area contributed by atoms with Crippen LogP contribution in [0.15, 0.2) is 40.8 Å². The first kappa shape index (κ1) is 14.5. The summed E-state index contributed by atoms with van der Waals surface area (Å²) in [4.78, 5) is 13.6. The quantitative estimate of drug-likeness (QED) is 0.919. The van der Waals surface area contributed by atoms with Crippen molar-refractivity contribution >= 4 is 23.2 Å². The van der Waals surface area contributed by atoms with Crippen molar-refractivity contribution < 1.29 is 9.21 Å². The van der Waals surface area contributed by atoms with Gasteiger partial charge in [0, 0.05) is 7.05 Å². The van der Waals surface area contributed by atoms with Gasteiger partial charge in [0.1, 0.15) is 11.5 Å². The smallest absolute Gasteiger partial charge is 0.242 e. The minimum atomic E-state index is -0.0287. The number of nitrogens with one attached hydrogen (secondary N) is 1. The van der Waals surface area contributed by atoms with Crippen LogP contribution in [0.2, 0.25) is 5.02 Å². The number of para-hydroxylation sites is 1. The van der Waals surface area contributed by atoms with Gasteiger partial charge in [0.15, 0.2) is 0 Å². The van der Waals surface area contributed by atoms with Gasteiger partial charge in [-0.1, -0.05) is 23.7 Å². The fraction of sp³-hybridized carbons (Fsp3) is 0.267. The first-order chi connectivity index (χ1) is 9.56. The lowest BCUT2D eigenvalue weighted by atomic mass is 10.3. The van der Waals surface area contributed by atoms with Crippen LogP contribution in [0.4, 0.5) is 5.69 Å². The molecule has 20 heavy (non-hydrogen) atoms. The van der Waals surface area contributed by atoms with Crippen LogP contribution in [0.3, 0.4) is 0 Å². The maximum atomic E-state index is 12.0. The first-order valence-electron chi connectivity index (χ1n) is 6.34. The maximum Gasteiger partial charge on any atom is 0.242 e. The molecule has 1 aromatic carbocycles. The number of carbonyl (C=O) groups is 1. The summed E-state index contributed by atoms with van der Waals surface area (Å²) >= 11 is 6.02. The molecule has 1 heterocycles. The number of aryl methyl sites for hydroxylation is 1. The van der Waals surface area contributed by atoms with Gasteiger partial charge in [0.25, 0.3) is 0 Å². The lowest BCUT2D eigenvalue weighted by Gasteiger charge is -2.17. The number of furan rings is 1. The van der Waals surface area contributed by atoms with E-state index in [1.54, 1.807) is 18.0 Å². The molecule has 0 saturated carbocycles. The highest BCUT2D eigenvalue weighted by Gasteiger charge is 2.11. The van der Waals surface area contributed by atoms with Crippen molar-refractivity contribution in [2.75, 3.05) is 18.9 Å². The summed E-state index contributed by atoms with van der Waals surface area (Å²) in [6, 6.07) is 11.1. The number of nitrogens with zero attached hydrogens (tertiary/aromatic N) is 1. The second kappa shape index (κ2) is 6.48. The number of rotatable bonds is 5. The summed E-state index contributed by atoms with van der Waals surface area (Å²) in [6.45, 7) is 2.53. The van der Waals surface area contributed by atoms with Gasteiger partial charge in [-0.25, -0.2) is 0 Å². The highest BCUT2D eigenvalue weighted by molar-refractivity contribution is 6.33. The number of benzene rings is 1. The number of hydrogen-bond acceptors (Lipinski definition) is 3. The SMILES string of the molecule is Cc1ccc(CN(C)C(=O)CNc2ccccc2Cl)o1. The van der Waals surface area contributed by atoms with Crippen LogP contribution in [0.5, 0.6) is 0 Å². The van der Waals surface area contributed by atoms with Gasteiger partial charge in [0.2, 0.25) is 5.91 Å². The standard InChI is InChI=1S/C15H17ClN2O2/c1-11-7-8-12(20-11)10-18(2)15(19)9-17-14-6-4-3-5-13(14)16/h3-8,17H,9-10H2,1-2H3. The van der Waals surface area contributed by atoms with Crippen molar-refractivity contribution in [1.29, 1.82) is 0 Å². The topological polar surface area (TPSA) is 45.5 Å². The van der Waals surface area contributed by atoms with E-state index in [9.17, 15) is 4.79 Å². The highest BCUT2D eigenvalue weighted by atomic mass is 35.5. The number of amides is 1. The molecule has 0 spiro atoms. The van der Waals surface area contributed by atoms with Crippen molar-refractivity contribution in [3.63, 3.8) is 0 Å². The zero-order chi connectivity index (χ0) is 14.5. The molecule has 0 bridgehead atoms. The third-order valence-electron chi connectivity index (χ3n) is 2.92. The Labute approximate surface area is 123 Å². The molecule has 2 aromatic rings. The number of carbonyl (C=O) groups excluding carboxylic acids is 1. The molecule has 0 atom stereocenters. The Bertz CT molecular complexity index is 595. The van der Waals surface area contributed by atoms with E-state index < -0.39 is 0 Å². The lowest BCUT2D eigenvalue weighted by Crippen LogP contribution is -2.31. The summed E-state index contributed by atoms with van der Waals surface area (Å²) in [5.41, 5.74) is 0.754. The van der Waals surface area contributed by atoms with Crippen LogP contribution in [-0.4, -0.2) is 24.4 Å². The van der Waals surface area contributed by atoms with Crippen molar-refractivity contribution in [3.05, 3.63) is 52.9 Å². The van der Waals surface area contributed by atoms with Crippen LogP contribution < -0.4 is 5.32 Å². The fourth-order valence-electron chi connectivity index (χ4n) is 1.80. The van der Waals surface area contributed by atoms with Crippen LogP contribution >= 0.6 is 11.6 Å². The molecule has 5 heteroatoms. The van der Waals surface area contributed by atoms with Gasteiger partial charge < -0.3 is 14.6 Å². The Balaban J connectivity index is 1.87. The Morgan fingerprint density at radius 1 is 1.30 bits per heavy atom. The van der Waals surface area contributed by atoms with Crippen LogP contribution in [0, 0.1) is 6.92 Å². The zero-order valence-electron chi connectivity index (χ0n) is 11.5. The van der Waals surface area contributed by atoms with E-state index in [2.05, 4.69) is 5.32 Å². The van der Waals surface area contributed by atoms with Gasteiger partial charge in [-0.05, 0) is 31.2 Å². The van der Waals surface area contributed by atoms with E-state index in [4.69, 9.17) is 16.0 Å². The highest BCUT2D eigenvalue weighted by Crippen LogP contribution is 2.20. The van der Waals surface area contributed by atoms with E-state index >= 15 is 0 Å². The number of halogens is 1. The molecule has 0 aliphatic rings. The normalized spacial score (nSPS) is 10.3. The molecular weight excluding hydrogens is 276 g/mol. The molecule has 0 aliphatic heterocycles.